The van der Waals surface area contributed by atoms with Gasteiger partial charge in [-0.05, 0) is 24.8 Å². The molecule has 6 nitrogen and oxygen atoms in total. The van der Waals surface area contributed by atoms with E-state index in [4.69, 9.17) is 9.47 Å². The van der Waals surface area contributed by atoms with Gasteiger partial charge >= 0.3 is 12.1 Å². The molecule has 0 aromatic heterocycles. The second-order valence-corrected chi connectivity index (χ2v) is 6.85. The number of nitrogens with zero attached hydrogens (tertiary/aromatic N) is 1. The molecule has 3 unspecified atom stereocenters. The summed E-state index contributed by atoms with van der Waals surface area (Å²) in [5, 5.41) is 3.23. The first kappa shape index (κ1) is 18.8. The first-order valence-corrected chi connectivity index (χ1v) is 9.06. The van der Waals surface area contributed by atoms with Crippen LogP contribution in [0.25, 0.3) is 0 Å². The number of hydrogen-bond donors (Lipinski definition) is 1. The molecule has 0 aromatic carbocycles. The van der Waals surface area contributed by atoms with Gasteiger partial charge in [-0.3, -0.25) is 4.79 Å². The molecule has 3 atom stereocenters. The van der Waals surface area contributed by atoms with E-state index in [1.54, 1.807) is 4.90 Å². The van der Waals surface area contributed by atoms with Crippen LogP contribution in [0.2, 0.25) is 0 Å². The fourth-order valence-corrected chi connectivity index (χ4v) is 2.93. The van der Waals surface area contributed by atoms with Crippen LogP contribution >= 0.6 is 0 Å². The van der Waals surface area contributed by atoms with E-state index in [0.717, 1.165) is 32.4 Å². The second kappa shape index (κ2) is 9.67. The molecular formula is C18H30N2O4. The van der Waals surface area contributed by atoms with E-state index in [9.17, 15) is 9.59 Å². The Balaban J connectivity index is 1.98. The van der Waals surface area contributed by atoms with Crippen molar-refractivity contribution in [3.63, 3.8) is 0 Å². The number of ether oxygens (including phenoxy) is 2. The molecule has 2 aliphatic heterocycles. The molecule has 2 aliphatic rings. The molecule has 6 heteroatoms. The van der Waals surface area contributed by atoms with Gasteiger partial charge in [0.05, 0.1) is 6.61 Å². The highest BCUT2D eigenvalue weighted by Crippen LogP contribution is 2.20. The molecule has 0 spiro atoms. The molecule has 1 amide bonds. The van der Waals surface area contributed by atoms with Crippen molar-refractivity contribution in [3.05, 3.63) is 12.2 Å². The highest BCUT2D eigenvalue weighted by atomic mass is 16.6. The van der Waals surface area contributed by atoms with E-state index in [2.05, 4.69) is 12.2 Å². The zero-order valence-electron chi connectivity index (χ0n) is 14.8. The summed E-state index contributed by atoms with van der Waals surface area (Å²) in [5.74, 6) is 0.224. The number of carbonyl (C=O) groups excluding carboxylic acids is 2. The van der Waals surface area contributed by atoms with E-state index < -0.39 is 0 Å². The fourth-order valence-electron chi connectivity index (χ4n) is 2.93. The lowest BCUT2D eigenvalue weighted by molar-refractivity contribution is -0.144. The Kier molecular flexibility index (Phi) is 7.56. The summed E-state index contributed by atoms with van der Waals surface area (Å²) in [6, 6.07) is 0. The van der Waals surface area contributed by atoms with Crippen LogP contribution in [0.15, 0.2) is 12.2 Å². The first-order chi connectivity index (χ1) is 11.6. The molecule has 1 saturated heterocycles. The average molecular weight is 338 g/mol. The molecule has 1 fully saturated rings. The number of piperazine rings is 1. The van der Waals surface area contributed by atoms with Gasteiger partial charge in [0.15, 0.2) is 0 Å². The number of carbonyl (C=O) groups is 2. The van der Waals surface area contributed by atoms with Crippen molar-refractivity contribution in [2.75, 3.05) is 32.8 Å². The minimum atomic E-state index is -0.232. The van der Waals surface area contributed by atoms with Crippen molar-refractivity contribution in [1.29, 1.82) is 0 Å². The maximum Gasteiger partial charge on any atom is 0.410 e. The van der Waals surface area contributed by atoms with E-state index in [-0.39, 0.29) is 30.0 Å². The summed E-state index contributed by atoms with van der Waals surface area (Å²) in [4.78, 5) is 25.7. The summed E-state index contributed by atoms with van der Waals surface area (Å²) in [6.07, 6.45) is 6.63. The quantitative estimate of drug-likeness (QED) is 0.587. The summed E-state index contributed by atoms with van der Waals surface area (Å²) in [6.45, 7) is 7.49. The maximum absolute atomic E-state index is 12.4. The lowest BCUT2D eigenvalue weighted by atomic mass is 9.95. The van der Waals surface area contributed by atoms with Crippen LogP contribution in [0.3, 0.4) is 0 Å². The third kappa shape index (κ3) is 6.15. The van der Waals surface area contributed by atoms with Crippen LogP contribution in [-0.2, 0) is 14.3 Å². The van der Waals surface area contributed by atoms with Gasteiger partial charge in [-0.15, -0.1) is 0 Å². The van der Waals surface area contributed by atoms with Crippen molar-refractivity contribution in [3.8, 4) is 0 Å². The molecule has 2 rings (SSSR count). The van der Waals surface area contributed by atoms with Gasteiger partial charge in [0.1, 0.15) is 6.10 Å². The summed E-state index contributed by atoms with van der Waals surface area (Å²) >= 11 is 0. The van der Waals surface area contributed by atoms with Crippen molar-refractivity contribution in [1.82, 2.24) is 10.2 Å². The minimum absolute atomic E-state index is 0.112. The molecule has 1 N–H and O–H groups in total. The fraction of sp³-hybridized carbons (Fsp3) is 0.778. The summed E-state index contributed by atoms with van der Waals surface area (Å²) in [7, 11) is 0. The zero-order chi connectivity index (χ0) is 17.4. The lowest BCUT2D eigenvalue weighted by Crippen LogP contribution is -2.47. The van der Waals surface area contributed by atoms with Crippen molar-refractivity contribution in [2.24, 2.45) is 11.8 Å². The molecule has 24 heavy (non-hydrogen) atoms. The molecule has 0 aliphatic carbocycles. The third-order valence-electron chi connectivity index (χ3n) is 4.60. The number of hydrogen-bond acceptors (Lipinski definition) is 5. The van der Waals surface area contributed by atoms with E-state index in [1.165, 1.54) is 0 Å². The van der Waals surface area contributed by atoms with Gasteiger partial charge in [0.25, 0.3) is 0 Å². The summed E-state index contributed by atoms with van der Waals surface area (Å²) in [5.41, 5.74) is 0. The summed E-state index contributed by atoms with van der Waals surface area (Å²) < 4.78 is 11.0. The van der Waals surface area contributed by atoms with Crippen molar-refractivity contribution < 1.29 is 19.1 Å². The number of amides is 1. The Bertz CT molecular complexity index is 446. The van der Waals surface area contributed by atoms with Crippen LogP contribution in [0.4, 0.5) is 4.79 Å². The molecular weight excluding hydrogens is 308 g/mol. The Morgan fingerprint density at radius 3 is 2.75 bits per heavy atom. The van der Waals surface area contributed by atoms with Crippen LogP contribution in [0.1, 0.15) is 39.5 Å². The van der Waals surface area contributed by atoms with E-state index in [1.807, 2.05) is 19.1 Å². The molecule has 0 radical (unpaired) electrons. The molecule has 0 saturated carbocycles. The zero-order valence-corrected chi connectivity index (χ0v) is 14.8. The topological polar surface area (TPSA) is 67.9 Å². The van der Waals surface area contributed by atoms with Crippen molar-refractivity contribution >= 4 is 12.1 Å². The highest BCUT2D eigenvalue weighted by molar-refractivity contribution is 5.69. The SMILES string of the molecule is CC1/C=C\C(OC(=O)N2CCNCC2)C(C)CCCCC(=O)OC1. The predicted molar refractivity (Wildman–Crippen MR) is 91.6 cm³/mol. The predicted octanol–water partition coefficient (Wildman–Crippen LogP) is 2.34. The molecule has 136 valence electrons. The third-order valence-corrected chi connectivity index (χ3v) is 4.60. The maximum atomic E-state index is 12.4. The van der Waals surface area contributed by atoms with Gasteiger partial charge in [0.2, 0.25) is 0 Å². The number of cyclic esters (lactones) is 1. The Labute approximate surface area is 144 Å². The first-order valence-electron chi connectivity index (χ1n) is 9.06. The van der Waals surface area contributed by atoms with Crippen LogP contribution < -0.4 is 5.32 Å². The lowest BCUT2D eigenvalue weighted by Gasteiger charge is -2.30. The molecule has 0 bridgehead atoms. The minimum Gasteiger partial charge on any atom is -0.465 e. The van der Waals surface area contributed by atoms with Crippen LogP contribution in [-0.4, -0.2) is 55.9 Å². The smallest absolute Gasteiger partial charge is 0.410 e. The van der Waals surface area contributed by atoms with Gasteiger partial charge in [0, 0.05) is 38.5 Å². The van der Waals surface area contributed by atoms with Crippen LogP contribution in [0.5, 0.6) is 0 Å². The number of esters is 1. The standard InChI is InChI=1S/C18H30N2O4/c1-14-7-8-16(24-18(22)20-11-9-19-10-12-20)15(2)5-3-4-6-17(21)23-13-14/h7-8,14-16,19H,3-6,9-13H2,1-2H3/b8-7-. The second-order valence-electron chi connectivity index (χ2n) is 6.85. The van der Waals surface area contributed by atoms with E-state index in [0.29, 0.717) is 26.1 Å². The number of rotatable bonds is 1. The Morgan fingerprint density at radius 2 is 2.00 bits per heavy atom. The molecule has 2 heterocycles. The highest BCUT2D eigenvalue weighted by Gasteiger charge is 2.24. The van der Waals surface area contributed by atoms with E-state index >= 15 is 0 Å². The largest absolute Gasteiger partial charge is 0.465 e. The van der Waals surface area contributed by atoms with Crippen LogP contribution in [0, 0.1) is 11.8 Å². The molecule has 0 aromatic rings. The average Bonchev–Trinajstić information content (AvgIpc) is 2.59. The van der Waals surface area contributed by atoms with Crippen molar-refractivity contribution in [2.45, 2.75) is 45.6 Å². The van der Waals surface area contributed by atoms with Gasteiger partial charge in [-0.25, -0.2) is 4.79 Å². The van der Waals surface area contributed by atoms with Gasteiger partial charge < -0.3 is 19.7 Å². The Hall–Kier alpha value is -1.56. The Morgan fingerprint density at radius 1 is 1.25 bits per heavy atom. The van der Waals surface area contributed by atoms with Gasteiger partial charge in [-0.1, -0.05) is 26.3 Å². The van der Waals surface area contributed by atoms with Gasteiger partial charge in [-0.2, -0.15) is 0 Å². The number of nitrogens with one attached hydrogen (secondary N) is 1. The normalized spacial score (nSPS) is 31.3. The monoisotopic (exact) mass is 338 g/mol.